The van der Waals surface area contributed by atoms with Gasteiger partial charge in [0.15, 0.2) is 0 Å². The van der Waals surface area contributed by atoms with Crippen molar-refractivity contribution in [1.29, 1.82) is 0 Å². The molecule has 0 spiro atoms. The van der Waals surface area contributed by atoms with Crippen molar-refractivity contribution in [3.8, 4) is 0 Å². The van der Waals surface area contributed by atoms with E-state index in [1.807, 2.05) is 4.90 Å². The van der Waals surface area contributed by atoms with Crippen LogP contribution in [-0.2, 0) is 14.3 Å². The summed E-state index contributed by atoms with van der Waals surface area (Å²) in [5.41, 5.74) is 0. The maximum Gasteiger partial charge on any atom is 0.329 e. The highest BCUT2D eigenvalue weighted by atomic mass is 16.5. The topological polar surface area (TPSA) is 66.8 Å². The third-order valence-corrected chi connectivity index (χ3v) is 3.48. The molecule has 0 unspecified atom stereocenters. The number of amides is 1. The molecule has 1 N–H and O–H groups in total. The highest BCUT2D eigenvalue weighted by molar-refractivity contribution is 5.78. The van der Waals surface area contributed by atoms with Gasteiger partial charge in [0.1, 0.15) is 13.2 Å². The van der Waals surface area contributed by atoms with Gasteiger partial charge in [0, 0.05) is 12.6 Å². The van der Waals surface area contributed by atoms with E-state index in [1.165, 1.54) is 12.8 Å². The first kappa shape index (κ1) is 16.0. The van der Waals surface area contributed by atoms with Gasteiger partial charge in [-0.2, -0.15) is 0 Å². The minimum absolute atomic E-state index is 0.0752. The molecule has 1 saturated carbocycles. The van der Waals surface area contributed by atoms with E-state index >= 15 is 0 Å². The third-order valence-electron chi connectivity index (χ3n) is 3.48. The summed E-state index contributed by atoms with van der Waals surface area (Å²) < 4.78 is 4.91. The summed E-state index contributed by atoms with van der Waals surface area (Å²) in [5, 5.41) is 8.50. The van der Waals surface area contributed by atoms with Gasteiger partial charge >= 0.3 is 5.97 Å². The molecule has 0 aromatic rings. The van der Waals surface area contributed by atoms with Crippen molar-refractivity contribution in [2.75, 3.05) is 19.8 Å². The summed E-state index contributed by atoms with van der Waals surface area (Å²) in [4.78, 5) is 24.4. The van der Waals surface area contributed by atoms with Gasteiger partial charge in [0.25, 0.3) is 0 Å². The Kier molecular flexibility index (Phi) is 6.84. The van der Waals surface area contributed by atoms with Gasteiger partial charge in [-0.15, -0.1) is 0 Å². The number of nitrogens with zero attached hydrogens (tertiary/aromatic N) is 1. The van der Waals surface area contributed by atoms with Crippen molar-refractivity contribution in [3.05, 3.63) is 0 Å². The molecular formula is C14H25NO4. The molecule has 110 valence electrons. The van der Waals surface area contributed by atoms with Crippen LogP contribution in [0.1, 0.15) is 46.0 Å². The number of aliphatic carboxylic acids is 1. The zero-order valence-electron chi connectivity index (χ0n) is 11.9. The van der Waals surface area contributed by atoms with Crippen molar-refractivity contribution >= 4 is 11.9 Å². The summed E-state index contributed by atoms with van der Waals surface area (Å²) in [6.45, 7) is 4.49. The van der Waals surface area contributed by atoms with Gasteiger partial charge in [-0.25, -0.2) is 4.79 Å². The van der Waals surface area contributed by atoms with Crippen LogP contribution in [0.15, 0.2) is 0 Å². The summed E-state index contributed by atoms with van der Waals surface area (Å²) in [5.74, 6) is -0.562. The van der Waals surface area contributed by atoms with Gasteiger partial charge < -0.3 is 14.7 Å². The van der Waals surface area contributed by atoms with Crippen LogP contribution in [0.25, 0.3) is 0 Å². The van der Waals surface area contributed by atoms with Gasteiger partial charge in [0.05, 0.1) is 0 Å². The van der Waals surface area contributed by atoms with E-state index in [-0.39, 0.29) is 12.5 Å². The van der Waals surface area contributed by atoms with E-state index < -0.39 is 12.6 Å². The lowest BCUT2D eigenvalue weighted by Gasteiger charge is -2.29. The molecule has 1 rings (SSSR count). The number of carbonyl (C=O) groups is 2. The van der Waals surface area contributed by atoms with Crippen molar-refractivity contribution < 1.29 is 19.4 Å². The molecule has 0 aromatic heterocycles. The van der Waals surface area contributed by atoms with Crippen LogP contribution in [-0.4, -0.2) is 47.7 Å². The summed E-state index contributed by atoms with van der Waals surface area (Å²) >= 11 is 0. The Morgan fingerprint density at radius 2 is 1.89 bits per heavy atom. The van der Waals surface area contributed by atoms with Gasteiger partial charge in [-0.3, -0.25) is 4.79 Å². The number of ether oxygens (including phenoxy) is 1. The SMILES string of the molecule is CC(C)CCN(C(=O)COCC(=O)O)C1CCCC1. The second kappa shape index (κ2) is 8.15. The van der Waals surface area contributed by atoms with E-state index in [9.17, 15) is 9.59 Å². The molecule has 1 amide bonds. The average Bonchev–Trinajstić information content (AvgIpc) is 2.82. The highest BCUT2D eigenvalue weighted by Gasteiger charge is 2.26. The fraction of sp³-hybridized carbons (Fsp3) is 0.857. The van der Waals surface area contributed by atoms with Crippen LogP contribution in [0.5, 0.6) is 0 Å². The van der Waals surface area contributed by atoms with Crippen LogP contribution < -0.4 is 0 Å². The van der Waals surface area contributed by atoms with Crippen molar-refractivity contribution in [2.24, 2.45) is 5.92 Å². The lowest BCUT2D eigenvalue weighted by Crippen LogP contribution is -2.42. The minimum atomic E-state index is -1.04. The molecule has 0 bridgehead atoms. The Bertz CT molecular complexity index is 298. The van der Waals surface area contributed by atoms with Crippen LogP contribution in [0.2, 0.25) is 0 Å². The van der Waals surface area contributed by atoms with Crippen LogP contribution in [0.4, 0.5) is 0 Å². The second-order valence-electron chi connectivity index (χ2n) is 5.59. The fourth-order valence-corrected chi connectivity index (χ4v) is 2.43. The molecule has 0 aromatic carbocycles. The Morgan fingerprint density at radius 1 is 1.26 bits per heavy atom. The summed E-state index contributed by atoms with van der Waals surface area (Å²) in [6, 6.07) is 0.319. The molecule has 5 nitrogen and oxygen atoms in total. The fourth-order valence-electron chi connectivity index (χ4n) is 2.43. The lowest BCUT2D eigenvalue weighted by atomic mass is 10.1. The Morgan fingerprint density at radius 3 is 2.42 bits per heavy atom. The lowest BCUT2D eigenvalue weighted by molar-refractivity contribution is -0.146. The number of carboxylic acids is 1. The largest absolute Gasteiger partial charge is 0.480 e. The molecule has 1 aliphatic rings. The average molecular weight is 271 g/mol. The van der Waals surface area contributed by atoms with Crippen molar-refractivity contribution in [2.45, 2.75) is 52.0 Å². The number of hydrogen-bond donors (Lipinski definition) is 1. The van der Waals surface area contributed by atoms with Gasteiger partial charge in [-0.05, 0) is 25.2 Å². The van der Waals surface area contributed by atoms with E-state index in [2.05, 4.69) is 13.8 Å². The van der Waals surface area contributed by atoms with E-state index in [0.29, 0.717) is 12.0 Å². The zero-order valence-corrected chi connectivity index (χ0v) is 11.9. The van der Waals surface area contributed by atoms with Gasteiger partial charge in [0.2, 0.25) is 5.91 Å². The van der Waals surface area contributed by atoms with E-state index in [1.54, 1.807) is 0 Å². The zero-order chi connectivity index (χ0) is 14.3. The number of carbonyl (C=O) groups excluding carboxylic acids is 1. The normalized spacial score (nSPS) is 15.9. The first-order valence-electron chi connectivity index (χ1n) is 7.09. The van der Waals surface area contributed by atoms with E-state index in [4.69, 9.17) is 9.84 Å². The first-order chi connectivity index (χ1) is 9.00. The predicted octanol–water partition coefficient (Wildman–Crippen LogP) is 1.90. The van der Waals surface area contributed by atoms with E-state index in [0.717, 1.165) is 25.8 Å². The Labute approximate surface area is 114 Å². The molecule has 0 radical (unpaired) electrons. The predicted molar refractivity (Wildman–Crippen MR) is 71.9 cm³/mol. The van der Waals surface area contributed by atoms with Crippen LogP contribution in [0.3, 0.4) is 0 Å². The Balaban J connectivity index is 2.46. The first-order valence-corrected chi connectivity index (χ1v) is 7.09. The summed E-state index contributed by atoms with van der Waals surface area (Å²) in [7, 11) is 0. The molecule has 0 atom stereocenters. The number of rotatable bonds is 8. The van der Waals surface area contributed by atoms with Crippen LogP contribution in [0, 0.1) is 5.92 Å². The quantitative estimate of drug-likeness (QED) is 0.732. The second-order valence-corrected chi connectivity index (χ2v) is 5.59. The maximum atomic E-state index is 12.1. The molecule has 0 heterocycles. The highest BCUT2D eigenvalue weighted by Crippen LogP contribution is 2.24. The molecule has 5 heteroatoms. The third kappa shape index (κ3) is 6.05. The maximum absolute atomic E-state index is 12.1. The standard InChI is InChI=1S/C14H25NO4/c1-11(2)7-8-15(12-5-3-4-6-12)13(16)9-19-10-14(17)18/h11-12H,3-10H2,1-2H3,(H,17,18). The van der Waals surface area contributed by atoms with Crippen molar-refractivity contribution in [1.82, 2.24) is 4.90 Å². The smallest absolute Gasteiger partial charge is 0.329 e. The minimum Gasteiger partial charge on any atom is -0.480 e. The molecule has 0 aliphatic heterocycles. The van der Waals surface area contributed by atoms with Gasteiger partial charge in [-0.1, -0.05) is 26.7 Å². The molecular weight excluding hydrogens is 246 g/mol. The monoisotopic (exact) mass is 271 g/mol. The number of carboxylic acid groups (broad SMARTS) is 1. The molecule has 0 saturated heterocycles. The summed E-state index contributed by atoms with van der Waals surface area (Å²) in [6.07, 6.45) is 5.44. The Hall–Kier alpha value is -1.10. The van der Waals surface area contributed by atoms with Crippen molar-refractivity contribution in [3.63, 3.8) is 0 Å². The van der Waals surface area contributed by atoms with Crippen LogP contribution >= 0.6 is 0 Å². The molecule has 1 fully saturated rings. The number of hydrogen-bond acceptors (Lipinski definition) is 3. The molecule has 1 aliphatic carbocycles. The molecule has 19 heavy (non-hydrogen) atoms.